The predicted molar refractivity (Wildman–Crippen MR) is 169 cm³/mol. The Labute approximate surface area is 259 Å². The van der Waals surface area contributed by atoms with Crippen LogP contribution in [0.15, 0.2) is 65.7 Å². The second-order valence-corrected chi connectivity index (χ2v) is 15.4. The van der Waals surface area contributed by atoms with Gasteiger partial charge in [0.05, 0.1) is 22.0 Å². The summed E-state index contributed by atoms with van der Waals surface area (Å²) in [5.74, 6) is -1.78. The molecule has 3 aliphatic rings. The van der Waals surface area contributed by atoms with Gasteiger partial charge in [0.1, 0.15) is 23.0 Å². The third kappa shape index (κ3) is 6.03. The van der Waals surface area contributed by atoms with Crippen LogP contribution in [0, 0.1) is 0 Å². The standard InChI is InChI=1S/C32H30N2O9S2/c1-31(2)13-17(15-44(37,38)39)21-9-23-27(11-25(21)33-31)43-28-12-26-22(18(16-45(40,41)42)14-32(3,4)34-26)10-24(28)29(23)19-7-5-6-8-20(19)30(35)36/h5-14,33H,15-16H2,1-4H3,(H,35,36)(H,37,38,39)(H,40,41,42). The first kappa shape index (κ1) is 30.7. The number of carbonyl (C=O) groups is 1. The van der Waals surface area contributed by atoms with Crippen molar-refractivity contribution in [2.75, 3.05) is 16.8 Å². The van der Waals surface area contributed by atoms with Crippen LogP contribution >= 0.6 is 0 Å². The number of nitrogens with one attached hydrogen (secondary N) is 1. The molecule has 0 aliphatic carbocycles. The number of nitrogens with zero attached hydrogens (tertiary/aromatic N) is 1. The van der Waals surface area contributed by atoms with Gasteiger partial charge in [-0.15, -0.1) is 0 Å². The molecule has 0 bridgehead atoms. The van der Waals surface area contributed by atoms with Gasteiger partial charge in [-0.1, -0.05) is 30.4 Å². The van der Waals surface area contributed by atoms with E-state index in [4.69, 9.17) is 9.73 Å². The molecule has 234 valence electrons. The lowest BCUT2D eigenvalue weighted by Gasteiger charge is -2.34. The van der Waals surface area contributed by atoms with Gasteiger partial charge in [0.25, 0.3) is 20.2 Å². The fourth-order valence-corrected chi connectivity index (χ4v) is 7.51. The molecule has 3 aromatic rings. The van der Waals surface area contributed by atoms with E-state index in [-0.39, 0.29) is 5.56 Å². The van der Waals surface area contributed by atoms with Crippen molar-refractivity contribution in [2.24, 2.45) is 4.99 Å². The van der Waals surface area contributed by atoms with E-state index >= 15 is 0 Å². The minimum atomic E-state index is -4.42. The molecule has 0 fully saturated rings. The van der Waals surface area contributed by atoms with Crippen LogP contribution in [0.3, 0.4) is 0 Å². The Morgan fingerprint density at radius 2 is 1.47 bits per heavy atom. The zero-order valence-corrected chi connectivity index (χ0v) is 26.4. The summed E-state index contributed by atoms with van der Waals surface area (Å²) in [6.45, 7) is 7.30. The van der Waals surface area contributed by atoms with Crippen LogP contribution in [0.4, 0.5) is 5.69 Å². The zero-order chi connectivity index (χ0) is 32.7. The Kier molecular flexibility index (Phi) is 6.90. The molecule has 0 atom stereocenters. The highest BCUT2D eigenvalue weighted by atomic mass is 32.2. The molecule has 0 spiro atoms. The molecule has 13 heteroatoms. The van der Waals surface area contributed by atoms with Crippen molar-refractivity contribution in [1.82, 2.24) is 0 Å². The summed E-state index contributed by atoms with van der Waals surface area (Å²) in [5, 5.41) is 14.4. The van der Waals surface area contributed by atoms with E-state index in [0.29, 0.717) is 66.7 Å². The minimum Gasteiger partial charge on any atom is -0.478 e. The first-order valence-electron chi connectivity index (χ1n) is 13.9. The van der Waals surface area contributed by atoms with Gasteiger partial charge in [-0.3, -0.25) is 14.1 Å². The van der Waals surface area contributed by atoms with Gasteiger partial charge in [-0.25, -0.2) is 4.79 Å². The molecule has 0 amide bonds. The van der Waals surface area contributed by atoms with E-state index in [2.05, 4.69) is 5.32 Å². The molecule has 4 N–H and O–H groups in total. The number of anilines is 1. The van der Waals surface area contributed by atoms with E-state index in [1.165, 1.54) is 6.07 Å². The maximum absolute atomic E-state index is 12.4. The molecule has 0 radical (unpaired) electrons. The monoisotopic (exact) mass is 650 g/mol. The molecular formula is C32H30N2O9S2. The third-order valence-corrected chi connectivity index (χ3v) is 9.05. The van der Waals surface area contributed by atoms with E-state index in [9.17, 15) is 35.8 Å². The summed E-state index contributed by atoms with van der Waals surface area (Å²) in [6.07, 6.45) is 3.37. The Morgan fingerprint density at radius 3 is 2.11 bits per heavy atom. The highest BCUT2D eigenvalue weighted by Crippen LogP contribution is 2.45. The third-order valence-electron chi connectivity index (χ3n) is 7.70. The van der Waals surface area contributed by atoms with E-state index < -0.39 is 48.8 Å². The number of benzene rings is 3. The first-order valence-corrected chi connectivity index (χ1v) is 17.1. The number of ether oxygens (including phenoxy) is 1. The van der Waals surface area contributed by atoms with E-state index in [1.807, 2.05) is 13.8 Å². The lowest BCUT2D eigenvalue weighted by Crippen LogP contribution is -2.33. The van der Waals surface area contributed by atoms with Crippen LogP contribution in [0.25, 0.3) is 16.7 Å². The van der Waals surface area contributed by atoms with Crippen molar-refractivity contribution in [3.05, 3.63) is 99.1 Å². The topological polar surface area (TPSA) is 180 Å². The predicted octanol–water partition coefficient (Wildman–Crippen LogP) is 3.90. The summed E-state index contributed by atoms with van der Waals surface area (Å²) in [7, 11) is -8.83. The van der Waals surface area contributed by atoms with Crippen LogP contribution in [0.5, 0.6) is 11.5 Å². The van der Waals surface area contributed by atoms with Crippen molar-refractivity contribution >= 4 is 48.6 Å². The second kappa shape index (κ2) is 10.1. The number of aromatic carboxylic acids is 1. The fourth-order valence-electron chi connectivity index (χ4n) is 6.24. The molecule has 3 heterocycles. The highest BCUT2D eigenvalue weighted by molar-refractivity contribution is 7.86. The molecule has 0 unspecified atom stereocenters. The Morgan fingerprint density at radius 1 is 0.822 bits per heavy atom. The molecule has 11 nitrogen and oxygen atoms in total. The maximum atomic E-state index is 12.4. The fraction of sp³-hybridized carbons (Fsp3) is 0.250. The summed E-state index contributed by atoms with van der Waals surface area (Å²) in [6, 6.07) is 13.1. The van der Waals surface area contributed by atoms with Gasteiger partial charge in [0.15, 0.2) is 0 Å². The van der Waals surface area contributed by atoms with Crippen molar-refractivity contribution in [1.29, 1.82) is 0 Å². The van der Waals surface area contributed by atoms with E-state index in [1.54, 1.807) is 68.5 Å². The maximum Gasteiger partial charge on any atom is 0.336 e. The van der Waals surface area contributed by atoms with Gasteiger partial charge in [-0.2, -0.15) is 16.8 Å². The van der Waals surface area contributed by atoms with Gasteiger partial charge >= 0.3 is 5.97 Å². The summed E-state index contributed by atoms with van der Waals surface area (Å²) in [5.41, 5.74) is 1.90. The van der Waals surface area contributed by atoms with Crippen molar-refractivity contribution in [3.63, 3.8) is 0 Å². The number of rotatable bonds is 6. The smallest absolute Gasteiger partial charge is 0.336 e. The number of carboxylic acids is 1. The van der Waals surface area contributed by atoms with Crippen LogP contribution in [0.2, 0.25) is 0 Å². The van der Waals surface area contributed by atoms with Gasteiger partial charge < -0.3 is 15.2 Å². The summed E-state index contributed by atoms with van der Waals surface area (Å²) < 4.78 is 74.0. The molecular weight excluding hydrogens is 620 g/mol. The summed E-state index contributed by atoms with van der Waals surface area (Å²) in [4.78, 5) is 17.2. The Balaban J connectivity index is 1.72. The lowest BCUT2D eigenvalue weighted by atomic mass is 9.84. The highest BCUT2D eigenvalue weighted by Gasteiger charge is 2.32. The second-order valence-electron chi connectivity index (χ2n) is 12.5. The SMILES string of the molecule is CC1(C)C=C(CS(=O)(=O)O)c2cc3c(cc2=N1)Oc1cc2c(cc1C=3c1ccccc1C(=O)O)C(CS(=O)(=O)O)=CC(C)(C)N2. The molecule has 0 aromatic heterocycles. The zero-order valence-electron chi connectivity index (χ0n) is 24.7. The Hall–Kier alpha value is -4.30. The van der Waals surface area contributed by atoms with Crippen LogP contribution in [0.1, 0.15) is 60.3 Å². The quantitative estimate of drug-likeness (QED) is 0.224. The first-order chi connectivity index (χ1) is 20.8. The average Bonchev–Trinajstić information content (AvgIpc) is 2.87. The molecule has 0 saturated heterocycles. The van der Waals surface area contributed by atoms with E-state index in [0.717, 1.165) is 0 Å². The number of carboxylic acid groups (broad SMARTS) is 1. The molecule has 6 rings (SSSR count). The van der Waals surface area contributed by atoms with Crippen LogP contribution < -0.4 is 20.6 Å². The normalized spacial score (nSPS) is 17.6. The van der Waals surface area contributed by atoms with Crippen LogP contribution in [-0.2, 0) is 20.2 Å². The van der Waals surface area contributed by atoms with Crippen molar-refractivity contribution in [3.8, 4) is 11.5 Å². The molecule has 0 saturated carbocycles. The van der Waals surface area contributed by atoms with Crippen molar-refractivity contribution < 1.29 is 40.6 Å². The van der Waals surface area contributed by atoms with Gasteiger partial charge in [0, 0.05) is 45.3 Å². The molecule has 45 heavy (non-hydrogen) atoms. The van der Waals surface area contributed by atoms with Gasteiger partial charge in [-0.05, 0) is 62.6 Å². The number of hydrogen-bond acceptors (Lipinski definition) is 8. The average molecular weight is 651 g/mol. The molecule has 3 aliphatic heterocycles. The lowest BCUT2D eigenvalue weighted by molar-refractivity contribution is 0.0696. The van der Waals surface area contributed by atoms with Gasteiger partial charge in [0.2, 0.25) is 0 Å². The number of hydrogen-bond donors (Lipinski definition) is 4. The minimum absolute atomic E-state index is 0.00535. The Bertz CT molecular complexity index is 2250. The summed E-state index contributed by atoms with van der Waals surface area (Å²) >= 11 is 0. The number of fused-ring (bicyclic) bond motifs is 4. The molecule has 3 aromatic carbocycles. The van der Waals surface area contributed by atoms with Crippen molar-refractivity contribution in [2.45, 2.75) is 38.8 Å². The largest absolute Gasteiger partial charge is 0.478 e. The van der Waals surface area contributed by atoms with Crippen LogP contribution in [-0.4, -0.2) is 59.6 Å².